The fraction of sp³-hybridized carbons (Fsp3) is 0.200. The van der Waals surface area contributed by atoms with Crippen LogP contribution < -0.4 is 10.1 Å². The van der Waals surface area contributed by atoms with E-state index in [0.29, 0.717) is 17.8 Å². The molecule has 152 valence electrons. The Labute approximate surface area is 163 Å². The van der Waals surface area contributed by atoms with Crippen LogP contribution in [0, 0.1) is 5.82 Å². The van der Waals surface area contributed by atoms with E-state index < -0.39 is 18.0 Å². The van der Waals surface area contributed by atoms with E-state index in [0.717, 1.165) is 11.6 Å². The van der Waals surface area contributed by atoms with Crippen LogP contribution in [0.5, 0.6) is 5.75 Å². The highest BCUT2D eigenvalue weighted by atomic mass is 19.4. The minimum Gasteiger partial charge on any atom is -0.405 e. The lowest BCUT2D eigenvalue weighted by Gasteiger charge is -2.10. The van der Waals surface area contributed by atoms with Crippen LogP contribution in [0.2, 0.25) is 0 Å². The average Bonchev–Trinajstić information content (AvgIpc) is 2.95. The van der Waals surface area contributed by atoms with Gasteiger partial charge in [0.1, 0.15) is 17.4 Å². The number of halogens is 4. The van der Waals surface area contributed by atoms with E-state index >= 15 is 0 Å². The van der Waals surface area contributed by atoms with Gasteiger partial charge in [-0.15, -0.1) is 13.2 Å². The average molecular weight is 407 g/mol. The van der Waals surface area contributed by atoms with Crippen LogP contribution in [0.3, 0.4) is 0 Å². The summed E-state index contributed by atoms with van der Waals surface area (Å²) < 4.78 is 56.3. The Morgan fingerprint density at radius 3 is 2.76 bits per heavy atom. The van der Waals surface area contributed by atoms with Crippen LogP contribution in [0.4, 0.5) is 17.6 Å². The van der Waals surface area contributed by atoms with E-state index in [4.69, 9.17) is 0 Å². The molecule has 3 rings (SSSR count). The zero-order chi connectivity index (χ0) is 21.0. The molecule has 0 bridgehead atoms. The number of imidazole rings is 1. The molecule has 1 N–H and O–H groups in total. The van der Waals surface area contributed by atoms with Crippen molar-refractivity contribution in [1.82, 2.24) is 14.9 Å². The molecule has 0 fully saturated rings. The molecule has 29 heavy (non-hydrogen) atoms. The number of alkyl halides is 3. The summed E-state index contributed by atoms with van der Waals surface area (Å²) >= 11 is 0. The van der Waals surface area contributed by atoms with Gasteiger partial charge >= 0.3 is 6.36 Å². The van der Waals surface area contributed by atoms with E-state index in [1.165, 1.54) is 42.5 Å². The van der Waals surface area contributed by atoms with Crippen LogP contribution in [0.15, 0.2) is 48.5 Å². The van der Waals surface area contributed by atoms with E-state index in [1.807, 2.05) is 4.57 Å². The first-order valence-electron chi connectivity index (χ1n) is 8.64. The largest absolute Gasteiger partial charge is 0.573 e. The second kappa shape index (κ2) is 8.34. The quantitative estimate of drug-likeness (QED) is 0.497. The summed E-state index contributed by atoms with van der Waals surface area (Å²) in [5, 5.41) is 2.64. The molecule has 1 amide bonds. The van der Waals surface area contributed by atoms with Crippen molar-refractivity contribution in [1.29, 1.82) is 0 Å². The van der Waals surface area contributed by atoms with E-state index in [9.17, 15) is 22.4 Å². The number of aryl methyl sites for hydroxylation is 1. The molecule has 0 aliphatic carbocycles. The van der Waals surface area contributed by atoms with Gasteiger partial charge in [0.15, 0.2) is 0 Å². The minimum absolute atomic E-state index is 0.123. The number of carbonyl (C=O) groups excluding carboxylic acids is 1. The molecule has 0 saturated carbocycles. The van der Waals surface area contributed by atoms with Crippen LogP contribution in [-0.2, 0) is 18.3 Å². The molecule has 2 aromatic carbocycles. The standard InChI is InChI=1S/C20H17F4N3O2/c1-27-16-8-7-14(21)12-15(16)26-18(27)10-11-25-19(28)9-6-13-4-2-3-5-17(13)29-20(22,23)24/h2-9,12H,10-11H2,1H3,(H,25,28). The molecular weight excluding hydrogens is 390 g/mol. The van der Waals surface area contributed by atoms with Crippen molar-refractivity contribution in [2.24, 2.45) is 7.05 Å². The summed E-state index contributed by atoms with van der Waals surface area (Å²) in [5.74, 6) is -0.582. The highest BCUT2D eigenvalue weighted by molar-refractivity contribution is 5.92. The number of nitrogens with zero attached hydrogens (tertiary/aromatic N) is 2. The van der Waals surface area contributed by atoms with Gasteiger partial charge in [0.05, 0.1) is 11.0 Å². The summed E-state index contributed by atoms with van der Waals surface area (Å²) in [4.78, 5) is 16.3. The Morgan fingerprint density at radius 1 is 1.24 bits per heavy atom. The lowest BCUT2D eigenvalue weighted by molar-refractivity contribution is -0.274. The SMILES string of the molecule is Cn1c(CCNC(=O)C=Cc2ccccc2OC(F)(F)F)nc2cc(F)ccc21. The Morgan fingerprint density at radius 2 is 2.00 bits per heavy atom. The van der Waals surface area contributed by atoms with E-state index in [2.05, 4.69) is 15.0 Å². The molecule has 1 heterocycles. The van der Waals surface area contributed by atoms with Crippen molar-refractivity contribution in [3.8, 4) is 5.75 Å². The maximum absolute atomic E-state index is 13.3. The third kappa shape index (κ3) is 5.34. The Balaban J connectivity index is 1.59. The number of fused-ring (bicyclic) bond motifs is 1. The molecule has 9 heteroatoms. The molecule has 1 aromatic heterocycles. The normalized spacial score (nSPS) is 11.9. The molecule has 0 saturated heterocycles. The second-order valence-electron chi connectivity index (χ2n) is 6.18. The lowest BCUT2D eigenvalue weighted by atomic mass is 10.2. The van der Waals surface area contributed by atoms with Gasteiger partial charge in [0.25, 0.3) is 0 Å². The molecular formula is C20H17F4N3O2. The predicted octanol–water partition coefficient (Wildman–Crippen LogP) is 3.98. The molecule has 5 nitrogen and oxygen atoms in total. The molecule has 0 aliphatic heterocycles. The smallest absolute Gasteiger partial charge is 0.405 e. The van der Waals surface area contributed by atoms with Crippen molar-refractivity contribution in [3.05, 3.63) is 65.7 Å². The number of nitrogens with one attached hydrogen (secondary N) is 1. The molecule has 0 aliphatic rings. The zero-order valence-electron chi connectivity index (χ0n) is 15.3. The van der Waals surface area contributed by atoms with Crippen molar-refractivity contribution >= 4 is 23.0 Å². The van der Waals surface area contributed by atoms with Crippen LogP contribution in [-0.4, -0.2) is 28.4 Å². The summed E-state index contributed by atoms with van der Waals surface area (Å²) in [7, 11) is 1.79. The molecule has 3 aromatic rings. The first kappa shape index (κ1) is 20.4. The van der Waals surface area contributed by atoms with Gasteiger partial charge in [0, 0.05) is 37.7 Å². The third-order valence-electron chi connectivity index (χ3n) is 4.14. The number of ether oxygens (including phenoxy) is 1. The van der Waals surface area contributed by atoms with E-state index in [1.54, 1.807) is 13.1 Å². The second-order valence-corrected chi connectivity index (χ2v) is 6.18. The van der Waals surface area contributed by atoms with Gasteiger partial charge in [-0.05, 0) is 24.3 Å². The van der Waals surface area contributed by atoms with Gasteiger partial charge < -0.3 is 14.6 Å². The summed E-state index contributed by atoms with van der Waals surface area (Å²) in [6, 6.07) is 9.82. The van der Waals surface area contributed by atoms with Crippen molar-refractivity contribution in [2.45, 2.75) is 12.8 Å². The first-order valence-corrected chi connectivity index (χ1v) is 8.64. The molecule has 0 atom stereocenters. The van der Waals surface area contributed by atoms with Gasteiger partial charge in [0.2, 0.25) is 5.91 Å². The molecule has 0 radical (unpaired) electrons. The Hall–Kier alpha value is -3.36. The van der Waals surface area contributed by atoms with Gasteiger partial charge in [-0.1, -0.05) is 18.2 Å². The fourth-order valence-corrected chi connectivity index (χ4v) is 2.80. The molecule has 0 spiro atoms. The summed E-state index contributed by atoms with van der Waals surface area (Å²) in [6.07, 6.45) is -2.04. The number of aromatic nitrogens is 2. The number of para-hydroxylation sites is 1. The number of carbonyl (C=O) groups is 1. The first-order chi connectivity index (χ1) is 13.7. The maximum Gasteiger partial charge on any atom is 0.573 e. The third-order valence-corrected chi connectivity index (χ3v) is 4.14. The van der Waals surface area contributed by atoms with Gasteiger partial charge in [-0.25, -0.2) is 9.37 Å². The number of benzene rings is 2. The number of amides is 1. The van der Waals surface area contributed by atoms with Gasteiger partial charge in [-0.3, -0.25) is 4.79 Å². The highest BCUT2D eigenvalue weighted by Crippen LogP contribution is 2.27. The topological polar surface area (TPSA) is 56.2 Å². The zero-order valence-corrected chi connectivity index (χ0v) is 15.3. The van der Waals surface area contributed by atoms with Gasteiger partial charge in [-0.2, -0.15) is 0 Å². The minimum atomic E-state index is -4.82. The lowest BCUT2D eigenvalue weighted by Crippen LogP contribution is -2.24. The molecule has 0 unspecified atom stereocenters. The highest BCUT2D eigenvalue weighted by Gasteiger charge is 2.31. The number of rotatable bonds is 6. The Bertz CT molecular complexity index is 1060. The van der Waals surface area contributed by atoms with Crippen LogP contribution in [0.25, 0.3) is 17.1 Å². The number of hydrogen-bond donors (Lipinski definition) is 1. The van der Waals surface area contributed by atoms with Crippen molar-refractivity contribution in [2.75, 3.05) is 6.54 Å². The van der Waals surface area contributed by atoms with Crippen molar-refractivity contribution in [3.63, 3.8) is 0 Å². The fourth-order valence-electron chi connectivity index (χ4n) is 2.80. The Kier molecular flexibility index (Phi) is 5.86. The van der Waals surface area contributed by atoms with E-state index in [-0.39, 0.29) is 17.9 Å². The monoisotopic (exact) mass is 407 g/mol. The van der Waals surface area contributed by atoms with Crippen molar-refractivity contribution < 1.29 is 27.1 Å². The number of hydrogen-bond acceptors (Lipinski definition) is 3. The van der Waals surface area contributed by atoms with Crippen LogP contribution in [0.1, 0.15) is 11.4 Å². The maximum atomic E-state index is 13.3. The summed E-state index contributed by atoms with van der Waals surface area (Å²) in [5.41, 5.74) is 1.42. The predicted molar refractivity (Wildman–Crippen MR) is 99.5 cm³/mol. The van der Waals surface area contributed by atoms with Crippen LogP contribution >= 0.6 is 0 Å². The summed E-state index contributed by atoms with van der Waals surface area (Å²) in [6.45, 7) is 0.253.